The minimum atomic E-state index is -4.35. The quantitative estimate of drug-likeness (QED) is 0.635. The Morgan fingerprint density at radius 1 is 1.06 bits per heavy atom. The second kappa shape index (κ2) is 9.02. The molecule has 0 atom stereocenters. The molecular formula is C24H27F3N2O3. The summed E-state index contributed by atoms with van der Waals surface area (Å²) in [4.78, 5) is 17.0. The molecule has 0 N–H and O–H groups in total. The smallest absolute Gasteiger partial charge is 0.416 e. The van der Waals surface area contributed by atoms with Crippen molar-refractivity contribution >= 4 is 5.91 Å². The summed E-state index contributed by atoms with van der Waals surface area (Å²) in [6.45, 7) is 1.85. The minimum Gasteiger partial charge on any atom is -0.493 e. The van der Waals surface area contributed by atoms with E-state index < -0.39 is 11.7 Å². The average Bonchev–Trinajstić information content (AvgIpc) is 3.62. The number of amides is 1. The van der Waals surface area contributed by atoms with Crippen LogP contribution in [0.5, 0.6) is 11.5 Å². The lowest BCUT2D eigenvalue weighted by molar-refractivity contribution is -0.137. The zero-order valence-electron chi connectivity index (χ0n) is 18.2. The van der Waals surface area contributed by atoms with Crippen molar-refractivity contribution in [3.05, 3.63) is 58.7 Å². The van der Waals surface area contributed by atoms with Gasteiger partial charge in [0.2, 0.25) is 5.91 Å². The fourth-order valence-electron chi connectivity index (χ4n) is 4.16. The number of methoxy groups -OCH3 is 2. The zero-order chi connectivity index (χ0) is 22.9. The number of hydrogen-bond donors (Lipinski definition) is 0. The molecule has 0 spiro atoms. The maximum Gasteiger partial charge on any atom is 0.416 e. The lowest BCUT2D eigenvalue weighted by Crippen LogP contribution is -2.43. The molecule has 1 heterocycles. The van der Waals surface area contributed by atoms with Crippen LogP contribution in [0.15, 0.2) is 36.4 Å². The van der Waals surface area contributed by atoms with Crippen LogP contribution < -0.4 is 9.47 Å². The minimum absolute atomic E-state index is 0.0317. The first-order chi connectivity index (χ1) is 15.3. The molecule has 0 bridgehead atoms. The summed E-state index contributed by atoms with van der Waals surface area (Å²) in [6.07, 6.45) is -1.59. The van der Waals surface area contributed by atoms with Gasteiger partial charge in [-0.2, -0.15) is 13.2 Å². The van der Waals surface area contributed by atoms with E-state index >= 15 is 0 Å². The number of rotatable bonds is 7. The number of fused-ring (bicyclic) bond motifs is 1. The number of hydrogen-bond acceptors (Lipinski definition) is 4. The van der Waals surface area contributed by atoms with E-state index in [2.05, 4.69) is 4.90 Å². The highest BCUT2D eigenvalue weighted by Gasteiger charge is 2.33. The predicted octanol–water partition coefficient (Wildman–Crippen LogP) is 4.27. The fourth-order valence-corrected chi connectivity index (χ4v) is 4.16. The van der Waals surface area contributed by atoms with E-state index in [1.165, 1.54) is 12.1 Å². The molecule has 172 valence electrons. The molecule has 1 aliphatic heterocycles. The lowest BCUT2D eigenvalue weighted by atomic mass is 9.98. The van der Waals surface area contributed by atoms with Crippen LogP contribution in [0, 0.1) is 0 Å². The highest BCUT2D eigenvalue weighted by atomic mass is 19.4. The Balaban J connectivity index is 1.42. The van der Waals surface area contributed by atoms with Gasteiger partial charge in [-0.3, -0.25) is 9.69 Å². The molecule has 1 aliphatic carbocycles. The van der Waals surface area contributed by atoms with Crippen molar-refractivity contribution in [2.75, 3.05) is 27.3 Å². The molecule has 1 saturated carbocycles. The molecule has 8 heteroatoms. The number of halogens is 3. The third-order valence-corrected chi connectivity index (χ3v) is 6.14. The van der Waals surface area contributed by atoms with E-state index in [0.717, 1.165) is 48.1 Å². The first-order valence-corrected chi connectivity index (χ1v) is 10.7. The number of carbonyl (C=O) groups is 1. The molecule has 2 aliphatic rings. The van der Waals surface area contributed by atoms with Crippen LogP contribution in [0.1, 0.15) is 35.1 Å². The Hall–Kier alpha value is -2.74. The Labute approximate surface area is 185 Å². The zero-order valence-corrected chi connectivity index (χ0v) is 18.2. The first kappa shape index (κ1) is 22.5. The molecule has 2 aromatic rings. The van der Waals surface area contributed by atoms with Crippen molar-refractivity contribution in [3.8, 4) is 11.5 Å². The van der Waals surface area contributed by atoms with Crippen LogP contribution in [0.4, 0.5) is 13.2 Å². The third kappa shape index (κ3) is 5.01. The topological polar surface area (TPSA) is 42.0 Å². The van der Waals surface area contributed by atoms with Gasteiger partial charge in [-0.1, -0.05) is 12.1 Å². The molecular weight excluding hydrogens is 421 g/mol. The van der Waals surface area contributed by atoms with Gasteiger partial charge in [-0.15, -0.1) is 0 Å². The average molecular weight is 448 g/mol. The Morgan fingerprint density at radius 3 is 2.25 bits per heavy atom. The SMILES string of the molecule is COc1cc2c(cc1OC)CN(C(=O)CN(Cc1ccc(C(F)(F)F)cc1)C1CC1)CC2. The van der Waals surface area contributed by atoms with E-state index in [4.69, 9.17) is 9.47 Å². The fraction of sp³-hybridized carbons (Fsp3) is 0.458. The molecule has 0 unspecified atom stereocenters. The second-order valence-corrected chi connectivity index (χ2v) is 8.37. The Kier molecular flexibility index (Phi) is 6.33. The van der Waals surface area contributed by atoms with Crippen molar-refractivity contribution in [2.24, 2.45) is 0 Å². The number of alkyl halides is 3. The molecule has 5 nitrogen and oxygen atoms in total. The lowest BCUT2D eigenvalue weighted by Gasteiger charge is -2.32. The van der Waals surface area contributed by atoms with Crippen LogP contribution in [0.3, 0.4) is 0 Å². The summed E-state index contributed by atoms with van der Waals surface area (Å²) in [5, 5.41) is 0. The first-order valence-electron chi connectivity index (χ1n) is 10.7. The van der Waals surface area contributed by atoms with Gasteiger partial charge in [0.15, 0.2) is 11.5 Å². The van der Waals surface area contributed by atoms with Gasteiger partial charge < -0.3 is 14.4 Å². The van der Waals surface area contributed by atoms with Gasteiger partial charge in [0.25, 0.3) is 0 Å². The Morgan fingerprint density at radius 2 is 1.69 bits per heavy atom. The van der Waals surface area contributed by atoms with E-state index in [9.17, 15) is 18.0 Å². The van der Waals surface area contributed by atoms with Crippen LogP contribution >= 0.6 is 0 Å². The van der Waals surface area contributed by atoms with Gasteiger partial charge in [0.05, 0.1) is 26.3 Å². The predicted molar refractivity (Wildman–Crippen MR) is 114 cm³/mol. The molecule has 4 rings (SSSR count). The van der Waals surface area contributed by atoms with E-state index in [1.807, 2.05) is 17.0 Å². The van der Waals surface area contributed by atoms with Crippen LogP contribution in [-0.2, 0) is 30.5 Å². The van der Waals surface area contributed by atoms with Crippen molar-refractivity contribution in [2.45, 2.75) is 44.6 Å². The second-order valence-electron chi connectivity index (χ2n) is 8.37. The standard InChI is InChI=1S/C24H27F3N2O3/c1-31-21-11-17-9-10-28(14-18(17)12-22(21)32-2)23(30)15-29(20-7-8-20)13-16-3-5-19(6-4-16)24(25,26)27/h3-6,11-12,20H,7-10,13-15H2,1-2H3. The highest BCUT2D eigenvalue weighted by molar-refractivity contribution is 5.78. The Bertz CT molecular complexity index is 972. The molecule has 1 fully saturated rings. The third-order valence-electron chi connectivity index (χ3n) is 6.14. The van der Waals surface area contributed by atoms with Gasteiger partial charge in [0.1, 0.15) is 0 Å². The molecule has 1 amide bonds. The van der Waals surface area contributed by atoms with Crippen LogP contribution in [0.2, 0.25) is 0 Å². The summed E-state index contributed by atoms with van der Waals surface area (Å²) < 4.78 is 49.2. The monoisotopic (exact) mass is 448 g/mol. The van der Waals surface area contributed by atoms with Crippen LogP contribution in [-0.4, -0.2) is 49.1 Å². The van der Waals surface area contributed by atoms with Gasteiger partial charge in [-0.05, 0) is 60.2 Å². The highest BCUT2D eigenvalue weighted by Crippen LogP contribution is 2.34. The normalized spacial score (nSPS) is 16.1. The molecule has 32 heavy (non-hydrogen) atoms. The van der Waals surface area contributed by atoms with E-state index in [-0.39, 0.29) is 12.5 Å². The van der Waals surface area contributed by atoms with Crippen molar-refractivity contribution < 1.29 is 27.4 Å². The van der Waals surface area contributed by atoms with Crippen molar-refractivity contribution in [3.63, 3.8) is 0 Å². The van der Waals surface area contributed by atoms with Gasteiger partial charge in [0, 0.05) is 25.7 Å². The van der Waals surface area contributed by atoms with Gasteiger partial charge >= 0.3 is 6.18 Å². The van der Waals surface area contributed by atoms with Gasteiger partial charge in [-0.25, -0.2) is 0 Å². The summed E-state index contributed by atoms with van der Waals surface area (Å²) in [5.41, 5.74) is 2.31. The maximum absolute atomic E-state index is 13.1. The summed E-state index contributed by atoms with van der Waals surface area (Å²) in [5.74, 6) is 1.36. The molecule has 2 aromatic carbocycles. The van der Waals surface area contributed by atoms with E-state index in [1.54, 1.807) is 14.2 Å². The van der Waals surface area contributed by atoms with Crippen molar-refractivity contribution in [1.82, 2.24) is 9.80 Å². The van der Waals surface area contributed by atoms with Crippen molar-refractivity contribution in [1.29, 1.82) is 0 Å². The largest absolute Gasteiger partial charge is 0.493 e. The summed E-state index contributed by atoms with van der Waals surface area (Å²) >= 11 is 0. The molecule has 0 saturated heterocycles. The maximum atomic E-state index is 13.1. The molecule has 0 radical (unpaired) electrons. The van der Waals surface area contributed by atoms with Crippen LogP contribution in [0.25, 0.3) is 0 Å². The molecule has 0 aromatic heterocycles. The number of nitrogens with zero attached hydrogens (tertiary/aromatic N) is 2. The number of ether oxygens (including phenoxy) is 2. The summed E-state index contributed by atoms with van der Waals surface area (Å²) in [7, 11) is 3.19. The number of benzene rings is 2. The summed E-state index contributed by atoms with van der Waals surface area (Å²) in [6, 6.07) is 9.41. The van der Waals surface area contributed by atoms with E-state index in [0.29, 0.717) is 37.2 Å². The number of carbonyl (C=O) groups excluding carboxylic acids is 1.